The maximum absolute atomic E-state index is 13.9. The van der Waals surface area contributed by atoms with Crippen LogP contribution in [0.25, 0.3) is 11.1 Å². The summed E-state index contributed by atoms with van der Waals surface area (Å²) in [6, 6.07) is 17.9. The normalized spacial score (nSPS) is 18.0. The Balaban J connectivity index is 1.33. The number of carboxylic acids is 1. The Kier molecular flexibility index (Phi) is 8.53. The molecule has 0 aliphatic heterocycles. The molecule has 0 saturated heterocycles. The lowest BCUT2D eigenvalue weighted by molar-refractivity contribution is 0.0452. The summed E-state index contributed by atoms with van der Waals surface area (Å²) in [4.78, 5) is 39.7. The fraction of sp³-hybridized carbons (Fsp3) is 0.441. The van der Waals surface area contributed by atoms with Crippen molar-refractivity contribution in [3.8, 4) is 11.1 Å². The van der Waals surface area contributed by atoms with Gasteiger partial charge in [0.05, 0.1) is 12.1 Å². The molecule has 9 heteroatoms. The molecule has 2 amide bonds. The number of nitrogens with zero attached hydrogens (tertiary/aromatic N) is 2. The van der Waals surface area contributed by atoms with Crippen LogP contribution < -0.4 is 5.32 Å². The minimum Gasteiger partial charge on any atom is -0.478 e. The predicted molar refractivity (Wildman–Crippen MR) is 163 cm³/mol. The average molecular weight is 588 g/mol. The highest BCUT2D eigenvalue weighted by atomic mass is 16.6. The van der Waals surface area contributed by atoms with Crippen LogP contribution in [0.1, 0.15) is 85.2 Å². The Morgan fingerprint density at radius 2 is 1.56 bits per heavy atom. The zero-order valence-corrected chi connectivity index (χ0v) is 25.6. The van der Waals surface area contributed by atoms with Gasteiger partial charge < -0.3 is 24.5 Å². The monoisotopic (exact) mass is 587 g/mol. The summed E-state index contributed by atoms with van der Waals surface area (Å²) >= 11 is 0. The molecule has 1 aromatic heterocycles. The Morgan fingerprint density at radius 1 is 0.977 bits per heavy atom. The number of carbonyl (C=O) groups is 3. The molecule has 1 saturated carbocycles. The van der Waals surface area contributed by atoms with Gasteiger partial charge in [0.15, 0.2) is 0 Å². The fourth-order valence-corrected chi connectivity index (χ4v) is 6.33. The number of alkyl carbamates (subject to hydrolysis) is 1. The quantitative estimate of drug-likeness (QED) is 0.322. The molecule has 0 bridgehead atoms. The van der Waals surface area contributed by atoms with E-state index >= 15 is 0 Å². The largest absolute Gasteiger partial charge is 0.478 e. The Hall–Kier alpha value is -4.27. The summed E-state index contributed by atoms with van der Waals surface area (Å²) in [5, 5.41) is 12.6. The number of carboxylic acid groups (broad SMARTS) is 1. The third-order valence-electron chi connectivity index (χ3n) is 8.63. The number of aromatic carboxylic acids is 1. The topological polar surface area (TPSA) is 110 Å². The Labute approximate surface area is 252 Å². The zero-order chi connectivity index (χ0) is 30.9. The second-order valence-corrected chi connectivity index (χ2v) is 12.6. The first kappa shape index (κ1) is 30.2. The van der Waals surface area contributed by atoms with Gasteiger partial charge in [0.2, 0.25) is 0 Å². The minimum absolute atomic E-state index is 0.0497. The number of rotatable bonds is 7. The Bertz CT molecular complexity index is 1470. The number of aromatic nitrogens is 1. The highest BCUT2D eigenvalue weighted by molar-refractivity contribution is 5.89. The third-order valence-corrected chi connectivity index (χ3v) is 8.63. The maximum atomic E-state index is 13.9. The summed E-state index contributed by atoms with van der Waals surface area (Å²) in [5.74, 6) is -1.07. The van der Waals surface area contributed by atoms with Gasteiger partial charge in [-0.05, 0) is 81.7 Å². The van der Waals surface area contributed by atoms with E-state index in [0.717, 1.165) is 27.9 Å². The van der Waals surface area contributed by atoms with Gasteiger partial charge in [-0.15, -0.1) is 0 Å². The number of ether oxygens (including phenoxy) is 2. The van der Waals surface area contributed by atoms with Gasteiger partial charge >= 0.3 is 18.2 Å². The SMILES string of the molecule is Cc1c(C(=O)O)cc(CN(C(=O)OCC2c3ccccc3-c3ccccc32)C2CCC(NC(=O)OC(C)(C)C)CC2)n1C. The van der Waals surface area contributed by atoms with Crippen molar-refractivity contribution in [2.45, 2.75) is 83.5 Å². The Morgan fingerprint density at radius 3 is 2.09 bits per heavy atom. The van der Waals surface area contributed by atoms with Crippen LogP contribution in [0.5, 0.6) is 0 Å². The molecule has 43 heavy (non-hydrogen) atoms. The number of fused-ring (bicyclic) bond motifs is 3. The van der Waals surface area contributed by atoms with Crippen molar-refractivity contribution >= 4 is 18.2 Å². The average Bonchev–Trinajstić information content (AvgIpc) is 3.43. The molecule has 0 atom stereocenters. The second kappa shape index (κ2) is 12.1. The minimum atomic E-state index is -0.999. The van der Waals surface area contributed by atoms with Crippen molar-refractivity contribution in [2.24, 2.45) is 7.05 Å². The van der Waals surface area contributed by atoms with Crippen molar-refractivity contribution in [2.75, 3.05) is 6.61 Å². The van der Waals surface area contributed by atoms with E-state index in [1.807, 2.05) is 56.7 Å². The second-order valence-electron chi connectivity index (χ2n) is 12.6. The van der Waals surface area contributed by atoms with Gasteiger partial charge in [-0.3, -0.25) is 4.90 Å². The molecule has 0 radical (unpaired) electrons. The zero-order valence-electron chi connectivity index (χ0n) is 25.6. The van der Waals surface area contributed by atoms with Crippen LogP contribution in [0, 0.1) is 6.92 Å². The van der Waals surface area contributed by atoms with E-state index < -0.39 is 23.8 Å². The van der Waals surface area contributed by atoms with Crippen LogP contribution in [0.2, 0.25) is 0 Å². The van der Waals surface area contributed by atoms with Crippen LogP contribution in [-0.2, 0) is 23.1 Å². The van der Waals surface area contributed by atoms with Crippen molar-refractivity contribution in [3.63, 3.8) is 0 Å². The van der Waals surface area contributed by atoms with E-state index in [1.54, 1.807) is 17.9 Å². The maximum Gasteiger partial charge on any atom is 0.410 e. The summed E-state index contributed by atoms with van der Waals surface area (Å²) in [6.07, 6.45) is 1.83. The molecule has 228 valence electrons. The molecule has 9 nitrogen and oxygen atoms in total. The van der Waals surface area contributed by atoms with Crippen LogP contribution in [-0.4, -0.2) is 57.0 Å². The van der Waals surface area contributed by atoms with Crippen molar-refractivity contribution < 1.29 is 29.0 Å². The molecule has 1 heterocycles. The van der Waals surface area contributed by atoms with E-state index in [1.165, 1.54) is 0 Å². The smallest absolute Gasteiger partial charge is 0.410 e. The first-order valence-electron chi connectivity index (χ1n) is 14.9. The van der Waals surface area contributed by atoms with Crippen molar-refractivity contribution in [1.82, 2.24) is 14.8 Å². The summed E-state index contributed by atoms with van der Waals surface area (Å²) in [7, 11) is 1.81. The van der Waals surface area contributed by atoms with Crippen molar-refractivity contribution in [3.05, 3.63) is 82.7 Å². The molecular formula is C34H41N3O6. The predicted octanol–water partition coefficient (Wildman–Crippen LogP) is 6.62. The van der Waals surface area contributed by atoms with Gasteiger partial charge in [-0.1, -0.05) is 48.5 Å². The highest BCUT2D eigenvalue weighted by Gasteiger charge is 2.34. The molecule has 0 spiro atoms. The number of hydrogen-bond donors (Lipinski definition) is 2. The highest BCUT2D eigenvalue weighted by Crippen LogP contribution is 2.44. The van der Waals surface area contributed by atoms with Gasteiger partial charge in [0.1, 0.15) is 12.2 Å². The van der Waals surface area contributed by atoms with Crippen LogP contribution in [0.4, 0.5) is 9.59 Å². The summed E-state index contributed by atoms with van der Waals surface area (Å²) < 4.78 is 13.3. The van der Waals surface area contributed by atoms with Gasteiger partial charge in [0.25, 0.3) is 0 Å². The van der Waals surface area contributed by atoms with Crippen LogP contribution in [0.15, 0.2) is 54.6 Å². The summed E-state index contributed by atoms with van der Waals surface area (Å²) in [6.45, 7) is 7.67. The third kappa shape index (κ3) is 6.55. The molecule has 0 unspecified atom stereocenters. The lowest BCUT2D eigenvalue weighted by Crippen LogP contribution is -2.47. The van der Waals surface area contributed by atoms with E-state index in [9.17, 15) is 19.5 Å². The van der Waals surface area contributed by atoms with E-state index in [0.29, 0.717) is 31.4 Å². The first-order valence-corrected chi connectivity index (χ1v) is 14.9. The fourth-order valence-electron chi connectivity index (χ4n) is 6.33. The summed E-state index contributed by atoms with van der Waals surface area (Å²) in [5.41, 5.74) is 5.58. The molecule has 2 aliphatic rings. The van der Waals surface area contributed by atoms with Gasteiger partial charge in [-0.25, -0.2) is 14.4 Å². The number of benzene rings is 2. The lowest BCUT2D eigenvalue weighted by atomic mass is 9.90. The number of carbonyl (C=O) groups excluding carboxylic acids is 2. The van der Waals surface area contributed by atoms with E-state index in [-0.39, 0.29) is 36.7 Å². The molecular weight excluding hydrogens is 546 g/mol. The van der Waals surface area contributed by atoms with Crippen LogP contribution >= 0.6 is 0 Å². The van der Waals surface area contributed by atoms with E-state index in [4.69, 9.17) is 9.47 Å². The molecule has 2 N–H and O–H groups in total. The standard InChI is InChI=1S/C34H41N3O6/c1-21-29(31(38)39)18-24(36(21)5)19-37(23-16-14-22(15-17-23)35-32(40)43-34(2,3)4)33(41)42-20-30-27-12-8-6-10-25(27)26-11-7-9-13-28(26)30/h6-13,18,22-23,30H,14-17,19-20H2,1-5H3,(H,35,40)(H,38,39). The lowest BCUT2D eigenvalue weighted by Gasteiger charge is -2.37. The molecule has 1 fully saturated rings. The first-order chi connectivity index (χ1) is 20.4. The molecule has 5 rings (SSSR count). The molecule has 3 aromatic rings. The molecule has 2 aromatic carbocycles. The van der Waals surface area contributed by atoms with Crippen LogP contribution in [0.3, 0.4) is 0 Å². The van der Waals surface area contributed by atoms with E-state index in [2.05, 4.69) is 29.6 Å². The van der Waals surface area contributed by atoms with Crippen molar-refractivity contribution in [1.29, 1.82) is 0 Å². The number of nitrogens with one attached hydrogen (secondary N) is 1. The van der Waals surface area contributed by atoms with Gasteiger partial charge in [-0.2, -0.15) is 0 Å². The number of hydrogen-bond acceptors (Lipinski definition) is 5. The van der Waals surface area contributed by atoms with Gasteiger partial charge in [0, 0.05) is 36.4 Å². The molecule has 2 aliphatic carbocycles. The number of amides is 2.